The van der Waals surface area contributed by atoms with Gasteiger partial charge in [-0.2, -0.15) is 0 Å². The summed E-state index contributed by atoms with van der Waals surface area (Å²) in [5.41, 5.74) is 17.9. The van der Waals surface area contributed by atoms with Gasteiger partial charge in [-0.25, -0.2) is 9.97 Å². The molecule has 0 saturated heterocycles. The molecular weight excluding hydrogens is 420 g/mol. The molecule has 0 unspecified atom stereocenters. The van der Waals surface area contributed by atoms with Gasteiger partial charge >= 0.3 is 0 Å². The third kappa shape index (κ3) is 4.88. The van der Waals surface area contributed by atoms with Crippen LogP contribution in [0.2, 0.25) is 0 Å². The van der Waals surface area contributed by atoms with Crippen LogP contribution >= 0.6 is 0 Å². The van der Waals surface area contributed by atoms with Crippen molar-refractivity contribution in [2.45, 2.75) is 38.5 Å². The van der Waals surface area contributed by atoms with Gasteiger partial charge in [0.2, 0.25) is 0 Å². The fourth-order valence-electron chi connectivity index (χ4n) is 4.46. The van der Waals surface area contributed by atoms with Gasteiger partial charge in [-0.05, 0) is 84.9 Å². The Labute approximate surface area is 199 Å². The van der Waals surface area contributed by atoms with E-state index in [1.807, 2.05) is 6.20 Å². The Hall–Kier alpha value is -3.48. The van der Waals surface area contributed by atoms with Gasteiger partial charge in [0.1, 0.15) is 11.6 Å². The number of fused-ring (bicyclic) bond motifs is 2. The quantitative estimate of drug-likeness (QED) is 0.215. The van der Waals surface area contributed by atoms with Crippen LogP contribution in [-0.4, -0.2) is 33.0 Å². The van der Waals surface area contributed by atoms with Crippen LogP contribution in [0.1, 0.15) is 37.3 Å². The van der Waals surface area contributed by atoms with Gasteiger partial charge in [0, 0.05) is 18.4 Å². The molecule has 2 aromatic heterocycles. The maximum Gasteiger partial charge on any atom is 0.107 e. The van der Waals surface area contributed by atoms with Gasteiger partial charge in [-0.15, -0.1) is 0 Å². The number of imidazole rings is 2. The number of H-pyrrole nitrogens is 2. The van der Waals surface area contributed by atoms with Crippen LogP contribution in [0.15, 0.2) is 60.8 Å². The Morgan fingerprint density at radius 2 is 1.32 bits per heavy atom. The molecule has 0 saturated carbocycles. The fourth-order valence-corrected chi connectivity index (χ4v) is 4.46. The lowest BCUT2D eigenvalue weighted by Crippen LogP contribution is -1.99. The van der Waals surface area contributed by atoms with E-state index in [4.69, 9.17) is 16.5 Å². The summed E-state index contributed by atoms with van der Waals surface area (Å²) in [5, 5.41) is 2.43. The van der Waals surface area contributed by atoms with Crippen molar-refractivity contribution in [1.82, 2.24) is 19.9 Å². The summed E-state index contributed by atoms with van der Waals surface area (Å²) in [7, 11) is 0. The number of hydrogen-bond acceptors (Lipinski definition) is 4. The Kier molecular flexibility index (Phi) is 6.70. The van der Waals surface area contributed by atoms with Gasteiger partial charge in [0.05, 0.1) is 22.9 Å². The van der Waals surface area contributed by atoms with E-state index in [0.717, 1.165) is 85.6 Å². The summed E-state index contributed by atoms with van der Waals surface area (Å²) in [4.78, 5) is 16.2. The van der Waals surface area contributed by atoms with Crippen LogP contribution in [0.3, 0.4) is 0 Å². The highest BCUT2D eigenvalue weighted by molar-refractivity contribution is 5.91. The minimum Gasteiger partial charge on any atom is -0.342 e. The Balaban J connectivity index is 1.40. The average Bonchev–Trinajstić information content (AvgIpc) is 3.50. The van der Waals surface area contributed by atoms with Gasteiger partial charge in [-0.3, -0.25) is 0 Å². The van der Waals surface area contributed by atoms with E-state index < -0.39 is 0 Å². The first kappa shape index (κ1) is 22.3. The monoisotopic (exact) mass is 452 g/mol. The number of nitrogens with one attached hydrogen (secondary N) is 2. The first-order valence-corrected chi connectivity index (χ1v) is 12.2. The number of aromatic amines is 2. The van der Waals surface area contributed by atoms with Gasteiger partial charge in [0.25, 0.3) is 0 Å². The molecule has 0 radical (unpaired) electrons. The number of unbranched alkanes of at least 4 members (excludes halogenated alkanes) is 2. The minimum atomic E-state index is 0.726. The van der Waals surface area contributed by atoms with E-state index in [1.165, 1.54) is 21.9 Å². The van der Waals surface area contributed by atoms with Crippen molar-refractivity contribution < 1.29 is 0 Å². The second kappa shape index (κ2) is 10.2. The van der Waals surface area contributed by atoms with E-state index in [9.17, 15) is 0 Å². The maximum absolute atomic E-state index is 5.62. The first-order chi connectivity index (χ1) is 16.7. The molecule has 6 heteroatoms. The van der Waals surface area contributed by atoms with Crippen molar-refractivity contribution in [3.63, 3.8) is 0 Å². The molecule has 6 nitrogen and oxygen atoms in total. The van der Waals surface area contributed by atoms with Crippen LogP contribution in [0.4, 0.5) is 0 Å². The molecule has 0 spiro atoms. The zero-order valence-electron chi connectivity index (χ0n) is 19.5. The number of hydrogen-bond donors (Lipinski definition) is 4. The zero-order chi connectivity index (χ0) is 23.3. The third-order valence-electron chi connectivity index (χ3n) is 6.38. The summed E-state index contributed by atoms with van der Waals surface area (Å²) in [6.07, 6.45) is 7.95. The molecule has 0 atom stereocenters. The second-order valence-corrected chi connectivity index (χ2v) is 8.93. The number of nitrogens with two attached hydrogens (primary N) is 2. The molecule has 0 aliphatic heterocycles. The van der Waals surface area contributed by atoms with E-state index in [1.54, 1.807) is 0 Å². The molecule has 0 fully saturated rings. The number of aromatic nitrogens is 4. The molecule has 34 heavy (non-hydrogen) atoms. The normalized spacial score (nSPS) is 11.6. The highest BCUT2D eigenvalue weighted by Gasteiger charge is 2.08. The summed E-state index contributed by atoms with van der Waals surface area (Å²) in [6.45, 7) is 1.45. The molecule has 5 aromatic rings. The SMILES string of the molecule is NCCCCc1ncc(-c2ccc3ccc(-c4ccc5nc(CCCCN)[nH]c5c4)cc3c2)[nH]1. The number of nitrogens with zero attached hydrogens (tertiary/aromatic N) is 2. The number of benzene rings is 3. The van der Waals surface area contributed by atoms with Crippen LogP contribution in [-0.2, 0) is 12.8 Å². The first-order valence-electron chi connectivity index (χ1n) is 12.2. The predicted molar refractivity (Wildman–Crippen MR) is 141 cm³/mol. The molecular formula is C28H32N6. The van der Waals surface area contributed by atoms with Crippen molar-refractivity contribution in [2.24, 2.45) is 11.5 Å². The third-order valence-corrected chi connectivity index (χ3v) is 6.38. The molecule has 6 N–H and O–H groups in total. The summed E-state index contributed by atoms with van der Waals surface area (Å²) < 4.78 is 0. The molecule has 0 aliphatic carbocycles. The molecule has 0 amide bonds. The summed E-state index contributed by atoms with van der Waals surface area (Å²) in [5.74, 6) is 2.05. The average molecular weight is 453 g/mol. The minimum absolute atomic E-state index is 0.726. The standard InChI is InChI=1S/C28H32N6/c29-13-3-1-5-27-31-18-26(34-27)22-10-8-19-7-9-20(15-23(19)16-22)21-11-12-24-25(17-21)33-28(32-24)6-2-4-14-30/h7-12,15-18H,1-6,13-14,29-30H2,(H,31,34)(H,32,33). The maximum atomic E-state index is 5.62. The van der Waals surface area contributed by atoms with Crippen LogP contribution in [0.25, 0.3) is 44.2 Å². The molecule has 2 heterocycles. The number of aryl methyl sites for hydroxylation is 2. The Morgan fingerprint density at radius 3 is 2.12 bits per heavy atom. The van der Waals surface area contributed by atoms with Gasteiger partial charge < -0.3 is 21.4 Å². The van der Waals surface area contributed by atoms with E-state index in [2.05, 4.69) is 69.5 Å². The summed E-state index contributed by atoms with van der Waals surface area (Å²) in [6, 6.07) is 19.7. The van der Waals surface area contributed by atoms with Crippen molar-refractivity contribution >= 4 is 21.8 Å². The van der Waals surface area contributed by atoms with E-state index in [-0.39, 0.29) is 0 Å². The molecule has 5 rings (SSSR count). The van der Waals surface area contributed by atoms with Crippen molar-refractivity contribution in [2.75, 3.05) is 13.1 Å². The van der Waals surface area contributed by atoms with Crippen molar-refractivity contribution in [1.29, 1.82) is 0 Å². The van der Waals surface area contributed by atoms with Crippen LogP contribution in [0, 0.1) is 0 Å². The van der Waals surface area contributed by atoms with Crippen LogP contribution in [0.5, 0.6) is 0 Å². The van der Waals surface area contributed by atoms with Gasteiger partial charge in [0.15, 0.2) is 0 Å². The smallest absolute Gasteiger partial charge is 0.107 e. The van der Waals surface area contributed by atoms with E-state index in [0.29, 0.717) is 0 Å². The fraction of sp³-hybridized carbons (Fsp3) is 0.286. The Morgan fingerprint density at radius 1 is 0.647 bits per heavy atom. The highest BCUT2D eigenvalue weighted by atomic mass is 14.9. The lowest BCUT2D eigenvalue weighted by Gasteiger charge is -2.06. The Bertz CT molecular complexity index is 1400. The lowest BCUT2D eigenvalue weighted by atomic mass is 9.99. The molecule has 3 aromatic carbocycles. The second-order valence-electron chi connectivity index (χ2n) is 8.93. The topological polar surface area (TPSA) is 109 Å². The predicted octanol–water partition coefficient (Wildman–Crippen LogP) is 5.34. The zero-order valence-corrected chi connectivity index (χ0v) is 19.5. The highest BCUT2D eigenvalue weighted by Crippen LogP contribution is 2.29. The van der Waals surface area contributed by atoms with Crippen molar-refractivity contribution in [3.8, 4) is 22.4 Å². The number of rotatable bonds is 10. The summed E-state index contributed by atoms with van der Waals surface area (Å²) >= 11 is 0. The van der Waals surface area contributed by atoms with Gasteiger partial charge in [-0.1, -0.05) is 30.3 Å². The lowest BCUT2D eigenvalue weighted by molar-refractivity contribution is 0.723. The van der Waals surface area contributed by atoms with Crippen LogP contribution < -0.4 is 11.5 Å². The molecule has 0 bridgehead atoms. The molecule has 174 valence electrons. The van der Waals surface area contributed by atoms with Crippen molar-refractivity contribution in [3.05, 3.63) is 72.4 Å². The molecule has 0 aliphatic rings. The van der Waals surface area contributed by atoms with E-state index >= 15 is 0 Å². The largest absolute Gasteiger partial charge is 0.342 e.